The molecule has 1 aromatic carbocycles. The van der Waals surface area contributed by atoms with Crippen LogP contribution in [0.2, 0.25) is 0 Å². The van der Waals surface area contributed by atoms with Crippen LogP contribution in [0.4, 0.5) is 0 Å². The minimum atomic E-state index is -0.0834. The van der Waals surface area contributed by atoms with E-state index < -0.39 is 0 Å². The lowest BCUT2D eigenvalue weighted by atomic mass is 9.79. The summed E-state index contributed by atoms with van der Waals surface area (Å²) in [6, 6.07) is 10.2. The highest BCUT2D eigenvalue weighted by Gasteiger charge is 2.29. The molecule has 1 aliphatic carbocycles. The fourth-order valence-corrected chi connectivity index (χ4v) is 4.05. The zero-order valence-corrected chi connectivity index (χ0v) is 12.3. The molecule has 0 fully saturated rings. The van der Waals surface area contributed by atoms with Crippen LogP contribution in [0.1, 0.15) is 47.5 Å². The third-order valence-electron chi connectivity index (χ3n) is 3.90. The van der Waals surface area contributed by atoms with Gasteiger partial charge in [-0.25, -0.2) is 4.98 Å². The third-order valence-corrected chi connectivity index (χ3v) is 5.08. The molecule has 1 heterocycles. The Bertz CT molecular complexity index is 572. The van der Waals surface area contributed by atoms with Crippen molar-refractivity contribution in [2.24, 2.45) is 11.1 Å². The predicted molar refractivity (Wildman–Crippen MR) is 80.4 cm³/mol. The fourth-order valence-electron chi connectivity index (χ4n) is 2.65. The molecule has 1 aromatic heterocycles. The van der Waals surface area contributed by atoms with E-state index in [1.54, 1.807) is 11.3 Å². The maximum absolute atomic E-state index is 6.34. The van der Waals surface area contributed by atoms with Crippen LogP contribution in [-0.2, 0) is 12.8 Å². The standard InChI is InChI=1S/C16H20N2S/c1-16(2)9-8-12-13(10-16)19-15(18-12)14(17)11-6-4-3-5-7-11/h3-7,14H,8-10,17H2,1-2H3. The summed E-state index contributed by atoms with van der Waals surface area (Å²) in [6.45, 7) is 4.68. The normalized spacial score (nSPS) is 18.9. The van der Waals surface area contributed by atoms with Gasteiger partial charge in [0.25, 0.3) is 0 Å². The number of nitrogens with two attached hydrogens (primary N) is 1. The van der Waals surface area contributed by atoms with Crippen molar-refractivity contribution in [2.45, 2.75) is 39.2 Å². The van der Waals surface area contributed by atoms with Gasteiger partial charge in [-0.3, -0.25) is 0 Å². The summed E-state index contributed by atoms with van der Waals surface area (Å²) in [4.78, 5) is 6.23. The summed E-state index contributed by atoms with van der Waals surface area (Å²) in [7, 11) is 0. The van der Waals surface area contributed by atoms with Gasteiger partial charge in [-0.05, 0) is 30.2 Å². The first-order chi connectivity index (χ1) is 9.05. The minimum Gasteiger partial charge on any atom is -0.318 e. The topological polar surface area (TPSA) is 38.9 Å². The summed E-state index contributed by atoms with van der Waals surface area (Å²) in [5.74, 6) is 0. The van der Waals surface area contributed by atoms with E-state index in [4.69, 9.17) is 10.7 Å². The van der Waals surface area contributed by atoms with Crippen molar-refractivity contribution >= 4 is 11.3 Å². The van der Waals surface area contributed by atoms with Crippen LogP contribution in [-0.4, -0.2) is 4.98 Å². The van der Waals surface area contributed by atoms with Gasteiger partial charge < -0.3 is 5.73 Å². The zero-order valence-electron chi connectivity index (χ0n) is 11.5. The molecule has 3 rings (SSSR count). The molecule has 0 amide bonds. The Morgan fingerprint density at radius 2 is 2.00 bits per heavy atom. The molecule has 1 aliphatic rings. The van der Waals surface area contributed by atoms with Crippen LogP contribution >= 0.6 is 11.3 Å². The molecular weight excluding hydrogens is 252 g/mol. The highest BCUT2D eigenvalue weighted by molar-refractivity contribution is 7.11. The maximum atomic E-state index is 6.34. The van der Waals surface area contributed by atoms with Gasteiger partial charge in [0, 0.05) is 4.88 Å². The van der Waals surface area contributed by atoms with Gasteiger partial charge in [-0.15, -0.1) is 11.3 Å². The van der Waals surface area contributed by atoms with E-state index in [1.165, 1.54) is 17.0 Å². The van der Waals surface area contributed by atoms with Crippen molar-refractivity contribution in [3.63, 3.8) is 0 Å². The quantitative estimate of drug-likeness (QED) is 0.905. The number of thiazole rings is 1. The number of hydrogen-bond donors (Lipinski definition) is 1. The van der Waals surface area contributed by atoms with E-state index in [2.05, 4.69) is 26.0 Å². The number of aryl methyl sites for hydroxylation is 1. The largest absolute Gasteiger partial charge is 0.318 e. The molecule has 0 saturated heterocycles. The molecule has 2 nitrogen and oxygen atoms in total. The van der Waals surface area contributed by atoms with Crippen molar-refractivity contribution in [1.29, 1.82) is 0 Å². The molecule has 0 radical (unpaired) electrons. The van der Waals surface area contributed by atoms with Gasteiger partial charge in [0.05, 0.1) is 11.7 Å². The first-order valence-corrected chi connectivity index (χ1v) is 7.66. The summed E-state index contributed by atoms with van der Waals surface area (Å²) in [6.07, 6.45) is 3.46. The molecular formula is C16H20N2S. The molecule has 1 atom stereocenters. The van der Waals surface area contributed by atoms with Gasteiger partial charge >= 0.3 is 0 Å². The van der Waals surface area contributed by atoms with Crippen LogP contribution in [0, 0.1) is 5.41 Å². The fraction of sp³-hybridized carbons (Fsp3) is 0.438. The van der Waals surface area contributed by atoms with Gasteiger partial charge in [0.2, 0.25) is 0 Å². The second-order valence-corrected chi connectivity index (χ2v) is 7.27. The predicted octanol–water partition coefficient (Wildman–Crippen LogP) is 3.71. The lowest BCUT2D eigenvalue weighted by Crippen LogP contribution is -2.20. The average molecular weight is 272 g/mol. The Labute approximate surface area is 118 Å². The van der Waals surface area contributed by atoms with E-state index in [0.717, 1.165) is 23.4 Å². The number of hydrogen-bond acceptors (Lipinski definition) is 3. The Morgan fingerprint density at radius 3 is 2.74 bits per heavy atom. The molecule has 100 valence electrons. The zero-order chi connectivity index (χ0) is 13.5. The molecule has 1 unspecified atom stereocenters. The minimum absolute atomic E-state index is 0.0834. The van der Waals surface area contributed by atoms with Crippen LogP contribution in [0.15, 0.2) is 30.3 Å². The molecule has 0 aliphatic heterocycles. The highest BCUT2D eigenvalue weighted by atomic mass is 32.1. The monoisotopic (exact) mass is 272 g/mol. The Kier molecular flexibility index (Phi) is 3.19. The first kappa shape index (κ1) is 12.8. The van der Waals surface area contributed by atoms with Crippen molar-refractivity contribution < 1.29 is 0 Å². The Morgan fingerprint density at radius 1 is 1.26 bits per heavy atom. The lowest BCUT2D eigenvalue weighted by Gasteiger charge is -2.28. The molecule has 3 heteroatoms. The third kappa shape index (κ3) is 2.58. The van der Waals surface area contributed by atoms with Crippen molar-refractivity contribution in [3.8, 4) is 0 Å². The molecule has 0 spiro atoms. The number of rotatable bonds is 2. The second kappa shape index (κ2) is 4.73. The highest BCUT2D eigenvalue weighted by Crippen LogP contribution is 2.38. The Balaban J connectivity index is 1.90. The van der Waals surface area contributed by atoms with E-state index in [-0.39, 0.29) is 6.04 Å². The summed E-state index contributed by atoms with van der Waals surface area (Å²) >= 11 is 1.80. The molecule has 0 bridgehead atoms. The van der Waals surface area contributed by atoms with Crippen molar-refractivity contribution in [2.75, 3.05) is 0 Å². The summed E-state index contributed by atoms with van der Waals surface area (Å²) < 4.78 is 0. The number of aromatic nitrogens is 1. The molecule has 2 N–H and O–H groups in total. The maximum Gasteiger partial charge on any atom is 0.114 e. The van der Waals surface area contributed by atoms with Crippen LogP contribution in [0.3, 0.4) is 0 Å². The number of fused-ring (bicyclic) bond motifs is 1. The molecule has 0 saturated carbocycles. The Hall–Kier alpha value is -1.19. The van der Waals surface area contributed by atoms with Gasteiger partial charge in [-0.1, -0.05) is 44.2 Å². The van der Waals surface area contributed by atoms with Crippen molar-refractivity contribution in [3.05, 3.63) is 51.5 Å². The first-order valence-electron chi connectivity index (χ1n) is 6.84. The number of nitrogens with zero attached hydrogens (tertiary/aromatic N) is 1. The smallest absolute Gasteiger partial charge is 0.114 e. The van der Waals surface area contributed by atoms with Gasteiger partial charge in [-0.2, -0.15) is 0 Å². The summed E-state index contributed by atoms with van der Waals surface area (Å²) in [5.41, 5.74) is 9.18. The average Bonchev–Trinajstić information content (AvgIpc) is 2.80. The lowest BCUT2D eigenvalue weighted by molar-refractivity contribution is 0.316. The van der Waals surface area contributed by atoms with Gasteiger partial charge in [0.15, 0.2) is 0 Å². The van der Waals surface area contributed by atoms with Crippen LogP contribution < -0.4 is 5.73 Å². The van der Waals surface area contributed by atoms with E-state index in [1.807, 2.05) is 18.2 Å². The van der Waals surface area contributed by atoms with E-state index >= 15 is 0 Å². The van der Waals surface area contributed by atoms with Crippen LogP contribution in [0.5, 0.6) is 0 Å². The van der Waals surface area contributed by atoms with Gasteiger partial charge in [0.1, 0.15) is 5.01 Å². The van der Waals surface area contributed by atoms with Crippen LogP contribution in [0.25, 0.3) is 0 Å². The van der Waals surface area contributed by atoms with Crippen molar-refractivity contribution in [1.82, 2.24) is 4.98 Å². The molecule has 2 aromatic rings. The summed E-state index contributed by atoms with van der Waals surface area (Å²) in [5, 5.41) is 1.06. The second-order valence-electron chi connectivity index (χ2n) is 6.15. The molecule has 19 heavy (non-hydrogen) atoms. The number of benzene rings is 1. The van der Waals surface area contributed by atoms with E-state index in [9.17, 15) is 0 Å². The SMILES string of the molecule is CC1(C)CCc2nc(C(N)c3ccccc3)sc2C1. The van der Waals surface area contributed by atoms with E-state index in [0.29, 0.717) is 5.41 Å².